The zero-order valence-electron chi connectivity index (χ0n) is 13.8. The number of nitrogens with zero attached hydrogens (tertiary/aromatic N) is 2. The summed E-state index contributed by atoms with van der Waals surface area (Å²) in [6, 6.07) is 19.2. The number of hydrogen-bond acceptors (Lipinski definition) is 5. The molecule has 0 saturated heterocycles. The van der Waals surface area contributed by atoms with Crippen LogP contribution in [0.5, 0.6) is 0 Å². The third kappa shape index (κ3) is 4.11. The molecule has 0 spiro atoms. The average molecular weight is 379 g/mol. The number of carboxylic acids is 1. The largest absolute Gasteiger partial charge is 0.477 e. The van der Waals surface area contributed by atoms with E-state index in [0.29, 0.717) is 5.56 Å². The fourth-order valence-electron chi connectivity index (χ4n) is 2.37. The van der Waals surface area contributed by atoms with Gasteiger partial charge in [-0.1, -0.05) is 30.3 Å². The van der Waals surface area contributed by atoms with Crippen LogP contribution < -0.4 is 4.72 Å². The molecule has 3 rings (SSSR count). The van der Waals surface area contributed by atoms with E-state index in [1.807, 2.05) is 6.07 Å². The minimum Gasteiger partial charge on any atom is -0.477 e. The number of rotatable bonds is 5. The van der Waals surface area contributed by atoms with Gasteiger partial charge in [0.25, 0.3) is 10.0 Å². The van der Waals surface area contributed by atoms with Gasteiger partial charge in [-0.25, -0.2) is 18.2 Å². The zero-order chi connectivity index (χ0) is 19.4. The van der Waals surface area contributed by atoms with Gasteiger partial charge in [0.05, 0.1) is 16.5 Å². The Morgan fingerprint density at radius 3 is 2.11 bits per heavy atom. The average Bonchev–Trinajstić information content (AvgIpc) is 2.68. The lowest BCUT2D eigenvalue weighted by molar-refractivity contribution is 0.0690. The number of anilines is 1. The van der Waals surface area contributed by atoms with E-state index in [9.17, 15) is 13.2 Å². The van der Waals surface area contributed by atoms with Gasteiger partial charge in [0.2, 0.25) is 0 Å². The highest BCUT2D eigenvalue weighted by Crippen LogP contribution is 2.23. The Kier molecular flexibility index (Phi) is 4.88. The molecule has 0 bridgehead atoms. The maximum atomic E-state index is 12.5. The fraction of sp³-hybridized carbons (Fsp3) is 0. The van der Waals surface area contributed by atoms with E-state index in [1.165, 1.54) is 30.3 Å². The minimum atomic E-state index is -3.91. The molecule has 0 atom stereocenters. The molecule has 2 N–H and O–H groups in total. The Morgan fingerprint density at radius 2 is 1.56 bits per heavy atom. The number of nitriles is 1. The van der Waals surface area contributed by atoms with Crippen LogP contribution in [-0.2, 0) is 10.0 Å². The van der Waals surface area contributed by atoms with Crippen LogP contribution in [0.15, 0.2) is 71.6 Å². The predicted molar refractivity (Wildman–Crippen MR) is 98.6 cm³/mol. The van der Waals surface area contributed by atoms with Crippen LogP contribution in [0, 0.1) is 11.3 Å². The van der Waals surface area contributed by atoms with Crippen LogP contribution in [0.1, 0.15) is 16.1 Å². The van der Waals surface area contributed by atoms with Gasteiger partial charge in [0.15, 0.2) is 5.69 Å². The van der Waals surface area contributed by atoms with Crippen molar-refractivity contribution < 1.29 is 18.3 Å². The molecular formula is C19H13N3O4S. The number of sulfonamides is 1. The number of aromatic nitrogens is 1. The lowest BCUT2D eigenvalue weighted by Crippen LogP contribution is -2.15. The van der Waals surface area contributed by atoms with E-state index in [2.05, 4.69) is 9.71 Å². The molecule has 134 valence electrons. The summed E-state index contributed by atoms with van der Waals surface area (Å²) in [6.07, 6.45) is 0. The maximum Gasteiger partial charge on any atom is 0.354 e. The fourth-order valence-corrected chi connectivity index (χ4v) is 3.37. The molecule has 1 aromatic heterocycles. The number of aromatic carboxylic acids is 1. The molecule has 0 aliphatic carbocycles. The van der Waals surface area contributed by atoms with E-state index in [4.69, 9.17) is 10.4 Å². The maximum absolute atomic E-state index is 12.5. The summed E-state index contributed by atoms with van der Waals surface area (Å²) < 4.78 is 27.2. The van der Waals surface area contributed by atoms with Crippen molar-refractivity contribution in [3.8, 4) is 17.2 Å². The van der Waals surface area contributed by atoms with Crippen LogP contribution >= 0.6 is 0 Å². The first kappa shape index (κ1) is 18.1. The summed E-state index contributed by atoms with van der Waals surface area (Å²) in [4.78, 5) is 14.7. The van der Waals surface area contributed by atoms with Crippen LogP contribution in [0.2, 0.25) is 0 Å². The van der Waals surface area contributed by atoms with Crippen molar-refractivity contribution in [3.63, 3.8) is 0 Å². The molecule has 0 aliphatic rings. The molecule has 1 heterocycles. The van der Waals surface area contributed by atoms with Crippen molar-refractivity contribution in [3.05, 3.63) is 78.0 Å². The molecule has 0 aliphatic heterocycles. The number of nitrogens with one attached hydrogen (secondary N) is 1. The van der Waals surface area contributed by atoms with Gasteiger partial charge in [0.1, 0.15) is 5.82 Å². The first-order valence-corrected chi connectivity index (χ1v) is 9.21. The zero-order valence-corrected chi connectivity index (χ0v) is 14.6. The minimum absolute atomic E-state index is 0.0161. The van der Waals surface area contributed by atoms with Gasteiger partial charge in [-0.3, -0.25) is 4.72 Å². The van der Waals surface area contributed by atoms with Gasteiger partial charge < -0.3 is 5.11 Å². The van der Waals surface area contributed by atoms with E-state index in [1.54, 1.807) is 36.4 Å². The molecule has 2 aromatic carbocycles. The van der Waals surface area contributed by atoms with Crippen molar-refractivity contribution in [2.75, 3.05) is 4.72 Å². The lowest BCUT2D eigenvalue weighted by Gasteiger charge is -2.09. The van der Waals surface area contributed by atoms with Gasteiger partial charge >= 0.3 is 5.97 Å². The molecule has 3 aromatic rings. The van der Waals surface area contributed by atoms with E-state index in [-0.39, 0.29) is 16.4 Å². The lowest BCUT2D eigenvalue weighted by atomic mass is 10.0. The molecule has 0 amide bonds. The predicted octanol–water partition coefficient (Wildman–Crippen LogP) is 3.12. The highest BCUT2D eigenvalue weighted by atomic mass is 32.2. The van der Waals surface area contributed by atoms with Crippen molar-refractivity contribution in [2.24, 2.45) is 0 Å². The number of benzene rings is 2. The topological polar surface area (TPSA) is 120 Å². The monoisotopic (exact) mass is 379 g/mol. The molecule has 27 heavy (non-hydrogen) atoms. The van der Waals surface area contributed by atoms with E-state index < -0.39 is 16.0 Å². The van der Waals surface area contributed by atoms with E-state index in [0.717, 1.165) is 11.1 Å². The summed E-state index contributed by atoms with van der Waals surface area (Å²) >= 11 is 0. The Morgan fingerprint density at radius 1 is 0.963 bits per heavy atom. The molecule has 0 saturated carbocycles. The van der Waals surface area contributed by atoms with Crippen molar-refractivity contribution in [2.45, 2.75) is 4.90 Å². The van der Waals surface area contributed by atoms with Crippen molar-refractivity contribution >= 4 is 21.8 Å². The van der Waals surface area contributed by atoms with Crippen LogP contribution in [0.4, 0.5) is 5.82 Å². The molecular weight excluding hydrogens is 366 g/mol. The number of carboxylic acid groups (broad SMARTS) is 1. The molecule has 0 unspecified atom stereocenters. The number of hydrogen-bond donors (Lipinski definition) is 2. The molecule has 8 heteroatoms. The molecule has 7 nitrogen and oxygen atoms in total. The van der Waals surface area contributed by atoms with Crippen LogP contribution in [0.3, 0.4) is 0 Å². The first-order valence-electron chi connectivity index (χ1n) is 7.73. The Hall–Kier alpha value is -3.70. The molecule has 0 fully saturated rings. The van der Waals surface area contributed by atoms with Gasteiger partial charge in [-0.2, -0.15) is 5.26 Å². The summed E-state index contributed by atoms with van der Waals surface area (Å²) in [5, 5.41) is 17.8. The van der Waals surface area contributed by atoms with Crippen LogP contribution in [-0.4, -0.2) is 24.5 Å². The third-order valence-corrected chi connectivity index (χ3v) is 5.09. The number of carbonyl (C=O) groups is 1. The molecule has 0 radical (unpaired) electrons. The SMILES string of the molecule is N#Cc1ccc(-c2ccc(S(=O)(=O)Nc3cccc(C(=O)O)n3)cc2)cc1. The number of pyridine rings is 1. The van der Waals surface area contributed by atoms with Gasteiger partial charge in [-0.05, 0) is 47.5 Å². The first-order chi connectivity index (χ1) is 12.9. The van der Waals surface area contributed by atoms with Crippen LogP contribution in [0.25, 0.3) is 11.1 Å². The second-order valence-corrected chi connectivity index (χ2v) is 7.21. The Bertz CT molecular complexity index is 1130. The second kappa shape index (κ2) is 7.27. The normalized spacial score (nSPS) is 10.8. The quantitative estimate of drug-likeness (QED) is 0.703. The third-order valence-electron chi connectivity index (χ3n) is 3.72. The van der Waals surface area contributed by atoms with Gasteiger partial charge in [-0.15, -0.1) is 0 Å². The van der Waals surface area contributed by atoms with Gasteiger partial charge in [0, 0.05) is 0 Å². The Balaban J connectivity index is 1.84. The highest BCUT2D eigenvalue weighted by molar-refractivity contribution is 7.92. The summed E-state index contributed by atoms with van der Waals surface area (Å²) in [5.74, 6) is -1.33. The highest BCUT2D eigenvalue weighted by Gasteiger charge is 2.16. The standard InChI is InChI=1S/C19H13N3O4S/c20-12-13-4-6-14(7-5-13)15-8-10-16(11-9-15)27(25,26)22-18-3-1-2-17(21-18)19(23)24/h1-11H,(H,21,22)(H,23,24). The summed E-state index contributed by atoms with van der Waals surface area (Å²) in [7, 11) is -3.91. The smallest absolute Gasteiger partial charge is 0.354 e. The summed E-state index contributed by atoms with van der Waals surface area (Å²) in [6.45, 7) is 0. The van der Waals surface area contributed by atoms with E-state index >= 15 is 0 Å². The van der Waals surface area contributed by atoms with Crippen molar-refractivity contribution in [1.29, 1.82) is 5.26 Å². The summed E-state index contributed by atoms with van der Waals surface area (Å²) in [5.41, 5.74) is 1.93. The second-order valence-electron chi connectivity index (χ2n) is 5.53. The Labute approximate surface area is 155 Å². The van der Waals surface area contributed by atoms with Crippen molar-refractivity contribution in [1.82, 2.24) is 4.98 Å².